The van der Waals surface area contributed by atoms with E-state index >= 15 is 0 Å². The monoisotopic (exact) mass is 282 g/mol. The van der Waals surface area contributed by atoms with E-state index in [4.69, 9.17) is 29.6 Å². The van der Waals surface area contributed by atoms with E-state index in [0.29, 0.717) is 4.99 Å². The second kappa shape index (κ2) is 5.89. The average Bonchev–Trinajstić information content (AvgIpc) is 3.12. The number of hydrogen-bond acceptors (Lipinski definition) is 2. The van der Waals surface area contributed by atoms with Crippen LogP contribution >= 0.6 is 23.8 Å². The molecule has 2 N–H and O–H groups in total. The molecule has 0 aromatic heterocycles. The minimum absolute atomic E-state index is 0.443. The highest BCUT2D eigenvalue weighted by Crippen LogP contribution is 2.33. The van der Waals surface area contributed by atoms with Gasteiger partial charge in [-0.1, -0.05) is 30.7 Å². The molecular formula is C14H19ClN2S. The van der Waals surface area contributed by atoms with Gasteiger partial charge in [0, 0.05) is 29.4 Å². The van der Waals surface area contributed by atoms with E-state index < -0.39 is 0 Å². The lowest BCUT2D eigenvalue weighted by atomic mass is 10.1. The molecule has 0 spiro atoms. The number of anilines is 1. The van der Waals surface area contributed by atoms with Crippen LogP contribution in [0, 0.1) is 5.92 Å². The topological polar surface area (TPSA) is 29.3 Å². The first kappa shape index (κ1) is 13.6. The first-order valence-corrected chi connectivity index (χ1v) is 7.24. The highest BCUT2D eigenvalue weighted by Gasteiger charge is 2.25. The van der Waals surface area contributed by atoms with Crippen molar-refractivity contribution in [2.75, 3.05) is 18.0 Å². The van der Waals surface area contributed by atoms with Gasteiger partial charge in [-0.05, 0) is 43.4 Å². The molecule has 1 fully saturated rings. The zero-order valence-electron chi connectivity index (χ0n) is 10.7. The molecule has 18 heavy (non-hydrogen) atoms. The van der Waals surface area contributed by atoms with Gasteiger partial charge in [-0.25, -0.2) is 0 Å². The van der Waals surface area contributed by atoms with E-state index in [0.717, 1.165) is 41.7 Å². The minimum Gasteiger partial charge on any atom is -0.389 e. The summed E-state index contributed by atoms with van der Waals surface area (Å²) in [6, 6.07) is 5.75. The molecule has 0 bridgehead atoms. The molecule has 1 aliphatic carbocycles. The summed E-state index contributed by atoms with van der Waals surface area (Å²) in [4.78, 5) is 2.82. The van der Waals surface area contributed by atoms with E-state index in [2.05, 4.69) is 11.8 Å². The predicted molar refractivity (Wildman–Crippen MR) is 82.6 cm³/mol. The second-order valence-corrected chi connectivity index (χ2v) is 5.79. The maximum Gasteiger partial charge on any atom is 0.106 e. The first-order valence-electron chi connectivity index (χ1n) is 6.46. The van der Waals surface area contributed by atoms with Crippen molar-refractivity contribution in [2.45, 2.75) is 26.2 Å². The molecule has 0 amide bonds. The van der Waals surface area contributed by atoms with E-state index in [-0.39, 0.29) is 0 Å². The van der Waals surface area contributed by atoms with E-state index in [1.54, 1.807) is 0 Å². The molecule has 1 saturated carbocycles. The SMILES string of the molecule is CCCN(CC1CC1)c1cc(Cl)ccc1C(N)=S. The Labute approximate surface area is 119 Å². The van der Waals surface area contributed by atoms with Crippen LogP contribution in [-0.2, 0) is 0 Å². The van der Waals surface area contributed by atoms with Gasteiger partial charge in [0.25, 0.3) is 0 Å². The Morgan fingerprint density at radius 1 is 1.50 bits per heavy atom. The lowest BCUT2D eigenvalue weighted by Gasteiger charge is -2.26. The van der Waals surface area contributed by atoms with Gasteiger partial charge in [0.1, 0.15) is 4.99 Å². The molecule has 0 unspecified atom stereocenters. The summed E-state index contributed by atoms with van der Waals surface area (Å²) >= 11 is 11.2. The van der Waals surface area contributed by atoms with Crippen LogP contribution < -0.4 is 10.6 Å². The molecule has 4 heteroatoms. The van der Waals surface area contributed by atoms with Gasteiger partial charge < -0.3 is 10.6 Å². The Morgan fingerprint density at radius 2 is 2.22 bits per heavy atom. The zero-order chi connectivity index (χ0) is 13.1. The molecule has 0 heterocycles. The molecule has 2 rings (SSSR count). The molecule has 0 atom stereocenters. The first-order chi connectivity index (χ1) is 8.61. The maximum absolute atomic E-state index is 6.11. The minimum atomic E-state index is 0.443. The summed E-state index contributed by atoms with van der Waals surface area (Å²) in [6.45, 7) is 4.29. The fourth-order valence-corrected chi connectivity index (χ4v) is 2.51. The van der Waals surface area contributed by atoms with Crippen LogP contribution in [0.15, 0.2) is 18.2 Å². The van der Waals surface area contributed by atoms with Crippen molar-refractivity contribution >= 4 is 34.5 Å². The second-order valence-electron chi connectivity index (χ2n) is 4.92. The van der Waals surface area contributed by atoms with Crippen molar-refractivity contribution in [3.63, 3.8) is 0 Å². The van der Waals surface area contributed by atoms with Crippen molar-refractivity contribution in [3.8, 4) is 0 Å². The number of hydrogen-bond donors (Lipinski definition) is 1. The number of benzene rings is 1. The third kappa shape index (κ3) is 3.36. The van der Waals surface area contributed by atoms with Gasteiger partial charge in [-0.15, -0.1) is 0 Å². The summed E-state index contributed by atoms with van der Waals surface area (Å²) in [5.74, 6) is 0.828. The average molecular weight is 283 g/mol. The van der Waals surface area contributed by atoms with Gasteiger partial charge in [0.2, 0.25) is 0 Å². The van der Waals surface area contributed by atoms with Crippen LogP contribution in [0.3, 0.4) is 0 Å². The summed E-state index contributed by atoms with van der Waals surface area (Å²) in [5, 5.41) is 0.738. The van der Waals surface area contributed by atoms with Crippen molar-refractivity contribution in [2.24, 2.45) is 11.7 Å². The zero-order valence-corrected chi connectivity index (χ0v) is 12.2. The standard InChI is InChI=1S/C14H19ClN2S/c1-2-7-17(9-10-3-4-10)13-8-11(15)5-6-12(13)14(16)18/h5-6,8,10H,2-4,7,9H2,1H3,(H2,16,18). The highest BCUT2D eigenvalue weighted by atomic mass is 35.5. The lowest BCUT2D eigenvalue weighted by Crippen LogP contribution is -2.29. The third-order valence-electron chi connectivity index (χ3n) is 3.23. The van der Waals surface area contributed by atoms with Crippen LogP contribution in [0.2, 0.25) is 5.02 Å². The molecular weight excluding hydrogens is 264 g/mol. The molecule has 1 aliphatic rings. The number of nitrogens with zero attached hydrogens (tertiary/aromatic N) is 1. The molecule has 0 saturated heterocycles. The van der Waals surface area contributed by atoms with Crippen LogP contribution in [0.4, 0.5) is 5.69 Å². The number of halogens is 1. The Hall–Kier alpha value is -0.800. The summed E-state index contributed by atoms with van der Waals surface area (Å²) in [7, 11) is 0. The lowest BCUT2D eigenvalue weighted by molar-refractivity contribution is 0.708. The van der Waals surface area contributed by atoms with Crippen molar-refractivity contribution in [1.82, 2.24) is 0 Å². The largest absolute Gasteiger partial charge is 0.389 e. The normalized spacial score (nSPS) is 14.6. The Balaban J connectivity index is 2.30. The fourth-order valence-electron chi connectivity index (χ4n) is 2.17. The Bertz CT molecular complexity index is 443. The van der Waals surface area contributed by atoms with Gasteiger partial charge in [-0.2, -0.15) is 0 Å². The van der Waals surface area contributed by atoms with E-state index in [1.165, 1.54) is 12.8 Å². The van der Waals surface area contributed by atoms with Crippen molar-refractivity contribution in [1.29, 1.82) is 0 Å². The van der Waals surface area contributed by atoms with Crippen molar-refractivity contribution < 1.29 is 0 Å². The summed E-state index contributed by atoms with van der Waals surface area (Å²) in [6.07, 6.45) is 3.78. The summed E-state index contributed by atoms with van der Waals surface area (Å²) < 4.78 is 0. The smallest absolute Gasteiger partial charge is 0.106 e. The molecule has 0 aliphatic heterocycles. The number of rotatable bonds is 6. The quantitative estimate of drug-likeness (QED) is 0.809. The maximum atomic E-state index is 6.11. The molecule has 98 valence electrons. The summed E-state index contributed by atoms with van der Waals surface area (Å²) in [5.41, 5.74) is 7.83. The number of thiocarbonyl (C=S) groups is 1. The molecule has 1 aromatic carbocycles. The molecule has 1 aromatic rings. The Kier molecular flexibility index (Phi) is 4.46. The van der Waals surface area contributed by atoms with Gasteiger partial charge in [-0.3, -0.25) is 0 Å². The van der Waals surface area contributed by atoms with Gasteiger partial charge >= 0.3 is 0 Å². The predicted octanol–water partition coefficient (Wildman–Crippen LogP) is 3.60. The van der Waals surface area contributed by atoms with Crippen LogP contribution in [0.25, 0.3) is 0 Å². The van der Waals surface area contributed by atoms with E-state index in [9.17, 15) is 0 Å². The van der Waals surface area contributed by atoms with Gasteiger partial charge in [0.05, 0.1) is 0 Å². The molecule has 2 nitrogen and oxygen atoms in total. The number of nitrogens with two attached hydrogens (primary N) is 1. The molecule has 0 radical (unpaired) electrons. The third-order valence-corrected chi connectivity index (χ3v) is 3.69. The van der Waals surface area contributed by atoms with Crippen LogP contribution in [0.5, 0.6) is 0 Å². The fraction of sp³-hybridized carbons (Fsp3) is 0.500. The highest BCUT2D eigenvalue weighted by molar-refractivity contribution is 7.80. The van der Waals surface area contributed by atoms with E-state index in [1.807, 2.05) is 18.2 Å². The van der Waals surface area contributed by atoms with Crippen LogP contribution in [0.1, 0.15) is 31.7 Å². The van der Waals surface area contributed by atoms with Crippen molar-refractivity contribution in [3.05, 3.63) is 28.8 Å². The Morgan fingerprint density at radius 3 is 2.78 bits per heavy atom. The van der Waals surface area contributed by atoms with Gasteiger partial charge in [0.15, 0.2) is 0 Å². The van der Waals surface area contributed by atoms with Crippen LogP contribution in [-0.4, -0.2) is 18.1 Å².